The summed E-state index contributed by atoms with van der Waals surface area (Å²) in [5.41, 5.74) is 6.10. The van der Waals surface area contributed by atoms with Gasteiger partial charge in [-0.15, -0.1) is 0 Å². The number of rotatable bonds is 8. The molecule has 3 N–H and O–H groups in total. The maximum atomic E-state index is 11.4. The molecule has 0 aliphatic rings. The van der Waals surface area contributed by atoms with E-state index in [4.69, 9.17) is 19.9 Å². The van der Waals surface area contributed by atoms with Gasteiger partial charge < -0.3 is 25.3 Å². The van der Waals surface area contributed by atoms with Gasteiger partial charge in [0.05, 0.1) is 6.61 Å². The van der Waals surface area contributed by atoms with Crippen LogP contribution in [-0.4, -0.2) is 45.4 Å². The van der Waals surface area contributed by atoms with Crippen LogP contribution in [0.5, 0.6) is 5.75 Å². The summed E-state index contributed by atoms with van der Waals surface area (Å²) in [6.45, 7) is 0.141. The van der Waals surface area contributed by atoms with Crippen LogP contribution in [0, 0.1) is 0 Å². The first-order valence-electron chi connectivity index (χ1n) is 6.01. The molecule has 0 spiro atoms. The number of methoxy groups -OCH3 is 1. The summed E-state index contributed by atoms with van der Waals surface area (Å²) in [6.07, 6.45) is 0. The number of nitrogens with two attached hydrogens (primary N) is 1. The lowest BCUT2D eigenvalue weighted by molar-refractivity contribution is -0.150. The van der Waals surface area contributed by atoms with E-state index in [1.165, 1.54) is 7.11 Å². The number of anilines is 1. The number of carbonyl (C=O) groups is 2. The Kier molecular flexibility index (Phi) is 6.91. The average molecular weight is 282 g/mol. The van der Waals surface area contributed by atoms with Crippen LogP contribution in [0.3, 0.4) is 0 Å². The van der Waals surface area contributed by atoms with E-state index >= 15 is 0 Å². The second-order valence-corrected chi connectivity index (χ2v) is 3.86. The number of nitrogen functional groups attached to an aromatic ring is 1. The van der Waals surface area contributed by atoms with E-state index in [1.54, 1.807) is 24.3 Å². The number of benzene rings is 1. The van der Waals surface area contributed by atoms with Gasteiger partial charge in [0.1, 0.15) is 5.75 Å². The topological polar surface area (TPSA) is 99.9 Å². The van der Waals surface area contributed by atoms with E-state index in [1.807, 2.05) is 0 Å². The Morgan fingerprint density at radius 3 is 2.80 bits per heavy atom. The number of esters is 1. The standard InChI is InChI=1S/C13H18N2O5/c1-18-6-5-15-12(16)8-20-13(17)9-19-11-4-2-3-10(14)7-11/h2-4,7H,5-6,8-9,14H2,1H3,(H,15,16). The van der Waals surface area contributed by atoms with Crippen molar-refractivity contribution in [2.24, 2.45) is 0 Å². The van der Waals surface area contributed by atoms with Crippen LogP contribution in [0.2, 0.25) is 0 Å². The van der Waals surface area contributed by atoms with Crippen molar-refractivity contribution in [2.45, 2.75) is 0 Å². The van der Waals surface area contributed by atoms with E-state index in [0.717, 1.165) is 0 Å². The molecule has 110 valence electrons. The summed E-state index contributed by atoms with van der Waals surface area (Å²) < 4.78 is 14.7. The Morgan fingerprint density at radius 1 is 1.30 bits per heavy atom. The number of hydrogen-bond donors (Lipinski definition) is 2. The zero-order chi connectivity index (χ0) is 14.8. The molecular formula is C13H18N2O5. The number of hydrogen-bond acceptors (Lipinski definition) is 6. The smallest absolute Gasteiger partial charge is 0.344 e. The number of carbonyl (C=O) groups excluding carboxylic acids is 2. The molecule has 1 rings (SSSR count). The van der Waals surface area contributed by atoms with Gasteiger partial charge in [0.2, 0.25) is 0 Å². The van der Waals surface area contributed by atoms with E-state index in [9.17, 15) is 9.59 Å². The molecule has 0 bridgehead atoms. The van der Waals surface area contributed by atoms with Gasteiger partial charge >= 0.3 is 5.97 Å². The zero-order valence-corrected chi connectivity index (χ0v) is 11.3. The van der Waals surface area contributed by atoms with E-state index in [2.05, 4.69) is 5.32 Å². The molecule has 0 radical (unpaired) electrons. The summed E-state index contributed by atoms with van der Waals surface area (Å²) in [4.78, 5) is 22.6. The molecule has 0 saturated carbocycles. The van der Waals surface area contributed by atoms with Crippen LogP contribution < -0.4 is 15.8 Å². The van der Waals surface area contributed by atoms with Crippen LogP contribution in [0.15, 0.2) is 24.3 Å². The van der Waals surface area contributed by atoms with Crippen molar-refractivity contribution in [1.82, 2.24) is 5.32 Å². The molecule has 20 heavy (non-hydrogen) atoms. The Bertz CT molecular complexity index is 450. The molecule has 1 amide bonds. The molecule has 0 unspecified atom stereocenters. The number of ether oxygens (including phenoxy) is 3. The third kappa shape index (κ3) is 6.60. The predicted molar refractivity (Wildman–Crippen MR) is 72.2 cm³/mol. The van der Waals surface area contributed by atoms with Crippen molar-refractivity contribution >= 4 is 17.6 Å². The van der Waals surface area contributed by atoms with Crippen LogP contribution in [0.25, 0.3) is 0 Å². The van der Waals surface area contributed by atoms with E-state index in [0.29, 0.717) is 24.6 Å². The van der Waals surface area contributed by atoms with Gasteiger partial charge in [-0.3, -0.25) is 4.79 Å². The van der Waals surface area contributed by atoms with Gasteiger partial charge in [-0.05, 0) is 12.1 Å². The van der Waals surface area contributed by atoms with E-state index in [-0.39, 0.29) is 19.1 Å². The van der Waals surface area contributed by atoms with Crippen LogP contribution >= 0.6 is 0 Å². The monoisotopic (exact) mass is 282 g/mol. The average Bonchev–Trinajstić information content (AvgIpc) is 2.43. The fourth-order valence-corrected chi connectivity index (χ4v) is 1.28. The number of nitrogens with one attached hydrogen (secondary N) is 1. The van der Waals surface area contributed by atoms with Gasteiger partial charge in [0.25, 0.3) is 5.91 Å². The summed E-state index contributed by atoms with van der Waals surface area (Å²) in [6, 6.07) is 6.67. The first-order valence-corrected chi connectivity index (χ1v) is 6.01. The molecule has 0 atom stereocenters. The van der Waals surface area contributed by atoms with Gasteiger partial charge in [0.15, 0.2) is 13.2 Å². The van der Waals surface area contributed by atoms with Crippen molar-refractivity contribution in [3.63, 3.8) is 0 Å². The molecule has 0 saturated heterocycles. The molecule has 0 aliphatic carbocycles. The zero-order valence-electron chi connectivity index (χ0n) is 11.3. The molecule has 7 nitrogen and oxygen atoms in total. The Labute approximate surface area is 117 Å². The Morgan fingerprint density at radius 2 is 2.10 bits per heavy atom. The van der Waals surface area contributed by atoms with Crippen LogP contribution in [0.4, 0.5) is 5.69 Å². The lowest BCUT2D eigenvalue weighted by Gasteiger charge is -2.08. The fraction of sp³-hybridized carbons (Fsp3) is 0.385. The molecule has 1 aromatic rings. The molecule has 1 aromatic carbocycles. The lowest BCUT2D eigenvalue weighted by atomic mass is 10.3. The second kappa shape index (κ2) is 8.76. The molecule has 0 aliphatic heterocycles. The quantitative estimate of drug-likeness (QED) is 0.394. The minimum Gasteiger partial charge on any atom is -0.482 e. The van der Waals surface area contributed by atoms with Crippen LogP contribution in [-0.2, 0) is 19.1 Å². The van der Waals surface area contributed by atoms with Crippen molar-refractivity contribution in [3.05, 3.63) is 24.3 Å². The van der Waals surface area contributed by atoms with Crippen molar-refractivity contribution in [1.29, 1.82) is 0 Å². The highest BCUT2D eigenvalue weighted by molar-refractivity contribution is 5.80. The maximum absolute atomic E-state index is 11.4. The summed E-state index contributed by atoms with van der Waals surface area (Å²) in [7, 11) is 1.53. The second-order valence-electron chi connectivity index (χ2n) is 3.86. The normalized spacial score (nSPS) is 9.85. The Hall–Kier alpha value is -2.28. The molecule has 7 heteroatoms. The van der Waals surface area contributed by atoms with E-state index < -0.39 is 5.97 Å². The lowest BCUT2D eigenvalue weighted by Crippen LogP contribution is -2.32. The summed E-state index contributed by atoms with van der Waals surface area (Å²) in [5, 5.41) is 2.52. The summed E-state index contributed by atoms with van der Waals surface area (Å²) >= 11 is 0. The third-order valence-electron chi connectivity index (χ3n) is 2.21. The Balaban J connectivity index is 2.19. The fourth-order valence-electron chi connectivity index (χ4n) is 1.28. The molecule has 0 aromatic heterocycles. The highest BCUT2D eigenvalue weighted by Gasteiger charge is 2.08. The first kappa shape index (κ1) is 15.8. The third-order valence-corrected chi connectivity index (χ3v) is 2.21. The van der Waals surface area contributed by atoms with Crippen molar-refractivity contribution in [2.75, 3.05) is 39.2 Å². The minimum absolute atomic E-state index is 0.283. The van der Waals surface area contributed by atoms with Crippen molar-refractivity contribution in [3.8, 4) is 5.75 Å². The minimum atomic E-state index is -0.630. The van der Waals surface area contributed by atoms with Crippen LogP contribution in [0.1, 0.15) is 0 Å². The summed E-state index contributed by atoms with van der Waals surface area (Å²) in [5.74, 6) is -0.555. The SMILES string of the molecule is COCCNC(=O)COC(=O)COc1cccc(N)c1. The highest BCUT2D eigenvalue weighted by Crippen LogP contribution is 2.14. The predicted octanol–water partition coefficient (Wildman–Crippen LogP) is -0.0466. The highest BCUT2D eigenvalue weighted by atomic mass is 16.6. The van der Waals surface area contributed by atoms with Gasteiger partial charge in [0, 0.05) is 25.4 Å². The first-order chi connectivity index (χ1) is 9.61. The van der Waals surface area contributed by atoms with Gasteiger partial charge in [-0.25, -0.2) is 4.79 Å². The maximum Gasteiger partial charge on any atom is 0.344 e. The number of amides is 1. The van der Waals surface area contributed by atoms with Crippen molar-refractivity contribution < 1.29 is 23.8 Å². The molecular weight excluding hydrogens is 264 g/mol. The molecule has 0 heterocycles. The van der Waals surface area contributed by atoms with Gasteiger partial charge in [-0.1, -0.05) is 6.07 Å². The largest absolute Gasteiger partial charge is 0.482 e. The van der Waals surface area contributed by atoms with Gasteiger partial charge in [-0.2, -0.15) is 0 Å². The molecule has 0 fully saturated rings.